The molecular formula is C14H21N3O4. The summed E-state index contributed by atoms with van der Waals surface area (Å²) in [7, 11) is 0. The van der Waals surface area contributed by atoms with Gasteiger partial charge in [-0.3, -0.25) is 4.79 Å². The highest BCUT2D eigenvalue weighted by atomic mass is 16.5. The Morgan fingerprint density at radius 1 is 1.52 bits per heavy atom. The monoisotopic (exact) mass is 295 g/mol. The number of carbonyl (C=O) groups excluding carboxylic acids is 1. The first-order valence-electron chi connectivity index (χ1n) is 7.21. The minimum atomic E-state index is -1.02. The lowest BCUT2D eigenvalue weighted by molar-refractivity contribution is -0.158. The molecule has 0 spiro atoms. The van der Waals surface area contributed by atoms with Gasteiger partial charge in [-0.1, -0.05) is 13.3 Å². The van der Waals surface area contributed by atoms with Gasteiger partial charge >= 0.3 is 5.97 Å². The van der Waals surface area contributed by atoms with E-state index >= 15 is 0 Å². The van der Waals surface area contributed by atoms with E-state index in [1.807, 2.05) is 10.8 Å². The number of nitrogens with zero attached hydrogens (tertiary/aromatic N) is 3. The van der Waals surface area contributed by atoms with Gasteiger partial charge in [0.05, 0.1) is 19.5 Å². The number of aliphatic carboxylic acids is 1. The second-order valence-corrected chi connectivity index (χ2v) is 5.17. The number of hydrogen-bond donors (Lipinski definition) is 1. The Kier molecular flexibility index (Phi) is 5.32. The van der Waals surface area contributed by atoms with E-state index in [9.17, 15) is 14.7 Å². The predicted molar refractivity (Wildman–Crippen MR) is 74.7 cm³/mol. The quantitative estimate of drug-likeness (QED) is 0.844. The molecule has 7 heteroatoms. The smallest absolute Gasteiger partial charge is 0.328 e. The maximum Gasteiger partial charge on any atom is 0.328 e. The normalized spacial score (nSPS) is 20.2. The Morgan fingerprint density at radius 2 is 2.33 bits per heavy atom. The summed E-state index contributed by atoms with van der Waals surface area (Å²) in [6.45, 7) is 2.84. The van der Waals surface area contributed by atoms with Crippen molar-refractivity contribution in [3.05, 3.63) is 18.7 Å². The van der Waals surface area contributed by atoms with E-state index in [1.165, 1.54) is 4.90 Å². The molecule has 2 atom stereocenters. The fourth-order valence-corrected chi connectivity index (χ4v) is 2.60. The molecule has 116 valence electrons. The number of rotatable bonds is 6. The van der Waals surface area contributed by atoms with Crippen molar-refractivity contribution in [3.8, 4) is 0 Å². The number of aromatic nitrogens is 2. The van der Waals surface area contributed by atoms with Crippen LogP contribution in [0.5, 0.6) is 0 Å². The first kappa shape index (κ1) is 15.5. The van der Waals surface area contributed by atoms with Crippen LogP contribution in [0.15, 0.2) is 18.7 Å². The molecule has 1 N–H and O–H groups in total. The van der Waals surface area contributed by atoms with Crippen LogP contribution in [0, 0.1) is 0 Å². The first-order valence-corrected chi connectivity index (χ1v) is 7.21. The summed E-state index contributed by atoms with van der Waals surface area (Å²) in [4.78, 5) is 29.1. The van der Waals surface area contributed by atoms with Crippen LogP contribution >= 0.6 is 0 Å². The second-order valence-electron chi connectivity index (χ2n) is 5.17. The maximum absolute atomic E-state index is 12.5. The van der Waals surface area contributed by atoms with Crippen molar-refractivity contribution in [2.24, 2.45) is 0 Å². The van der Waals surface area contributed by atoms with Gasteiger partial charge < -0.3 is 19.3 Å². The molecule has 1 amide bonds. The zero-order chi connectivity index (χ0) is 15.2. The predicted octanol–water partition coefficient (Wildman–Crippen LogP) is 0.926. The molecule has 0 saturated carbocycles. The molecule has 0 bridgehead atoms. The number of amides is 1. The lowest BCUT2D eigenvalue weighted by atomic mass is 10.1. The molecule has 2 unspecified atom stereocenters. The molecule has 1 aromatic rings. The van der Waals surface area contributed by atoms with Crippen LogP contribution in [0.25, 0.3) is 0 Å². The summed E-state index contributed by atoms with van der Waals surface area (Å²) in [5.41, 5.74) is 0. The van der Waals surface area contributed by atoms with Crippen LogP contribution in [0.2, 0.25) is 0 Å². The fourth-order valence-electron chi connectivity index (χ4n) is 2.60. The number of imidazole rings is 1. The number of morpholine rings is 1. The maximum atomic E-state index is 12.5. The SMILES string of the molecule is CCCC(CC(=O)N1CCOCC1C(=O)O)n1ccnc1. The molecule has 2 rings (SSSR count). The Labute approximate surface area is 123 Å². The van der Waals surface area contributed by atoms with E-state index in [2.05, 4.69) is 11.9 Å². The fraction of sp³-hybridized carbons (Fsp3) is 0.643. The van der Waals surface area contributed by atoms with Gasteiger partial charge in [0.1, 0.15) is 0 Å². The summed E-state index contributed by atoms with van der Waals surface area (Å²) in [6.07, 6.45) is 7.30. The minimum Gasteiger partial charge on any atom is -0.480 e. The van der Waals surface area contributed by atoms with Crippen LogP contribution in [-0.4, -0.2) is 57.2 Å². The van der Waals surface area contributed by atoms with Crippen molar-refractivity contribution in [3.63, 3.8) is 0 Å². The highest BCUT2D eigenvalue weighted by Gasteiger charge is 2.33. The van der Waals surface area contributed by atoms with E-state index in [0.717, 1.165) is 12.8 Å². The Morgan fingerprint density at radius 3 is 2.95 bits per heavy atom. The van der Waals surface area contributed by atoms with Crippen molar-refractivity contribution in [1.82, 2.24) is 14.5 Å². The molecule has 0 radical (unpaired) electrons. The summed E-state index contributed by atoms with van der Waals surface area (Å²) in [5.74, 6) is -1.16. The van der Waals surface area contributed by atoms with Gasteiger partial charge in [-0.25, -0.2) is 9.78 Å². The lowest BCUT2D eigenvalue weighted by Crippen LogP contribution is -2.52. The molecular weight excluding hydrogens is 274 g/mol. The van der Waals surface area contributed by atoms with E-state index in [4.69, 9.17) is 4.74 Å². The molecule has 1 saturated heterocycles. The first-order chi connectivity index (χ1) is 10.1. The zero-order valence-electron chi connectivity index (χ0n) is 12.1. The standard InChI is InChI=1S/C14H21N3O4/c1-2-3-11(16-5-4-15-10-16)8-13(18)17-6-7-21-9-12(17)14(19)20/h4-5,10-12H,2-3,6-9H2,1H3,(H,19,20). The third-order valence-corrected chi connectivity index (χ3v) is 3.71. The van der Waals surface area contributed by atoms with Gasteiger partial charge in [0.25, 0.3) is 0 Å². The van der Waals surface area contributed by atoms with Gasteiger partial charge in [0.2, 0.25) is 5.91 Å². The van der Waals surface area contributed by atoms with Gasteiger partial charge in [-0.15, -0.1) is 0 Å². The summed E-state index contributed by atoms with van der Waals surface area (Å²) < 4.78 is 7.07. The van der Waals surface area contributed by atoms with E-state index in [1.54, 1.807) is 12.5 Å². The van der Waals surface area contributed by atoms with Crippen LogP contribution in [0.4, 0.5) is 0 Å². The van der Waals surface area contributed by atoms with Crippen LogP contribution in [-0.2, 0) is 14.3 Å². The number of hydrogen-bond acceptors (Lipinski definition) is 4. The number of carboxylic acid groups (broad SMARTS) is 1. The van der Waals surface area contributed by atoms with Crippen molar-refractivity contribution >= 4 is 11.9 Å². The Balaban J connectivity index is 2.05. The molecule has 2 heterocycles. The van der Waals surface area contributed by atoms with E-state index < -0.39 is 12.0 Å². The topological polar surface area (TPSA) is 84.7 Å². The number of carboxylic acids is 1. The molecule has 0 aromatic carbocycles. The van der Waals surface area contributed by atoms with Crippen LogP contribution in [0.1, 0.15) is 32.2 Å². The van der Waals surface area contributed by atoms with Crippen molar-refractivity contribution < 1.29 is 19.4 Å². The van der Waals surface area contributed by atoms with Gasteiger partial charge in [-0.2, -0.15) is 0 Å². The number of carbonyl (C=O) groups is 2. The summed E-state index contributed by atoms with van der Waals surface area (Å²) >= 11 is 0. The summed E-state index contributed by atoms with van der Waals surface area (Å²) in [6, 6.07) is -0.862. The average Bonchev–Trinajstić information content (AvgIpc) is 3.00. The van der Waals surface area contributed by atoms with Crippen LogP contribution < -0.4 is 0 Å². The van der Waals surface area contributed by atoms with E-state index in [0.29, 0.717) is 13.2 Å². The second kappa shape index (κ2) is 7.21. The molecule has 7 nitrogen and oxygen atoms in total. The summed E-state index contributed by atoms with van der Waals surface area (Å²) in [5, 5.41) is 9.19. The molecule has 21 heavy (non-hydrogen) atoms. The minimum absolute atomic E-state index is 0.0160. The highest BCUT2D eigenvalue weighted by Crippen LogP contribution is 2.20. The third-order valence-electron chi connectivity index (χ3n) is 3.71. The molecule has 1 aromatic heterocycles. The van der Waals surface area contributed by atoms with E-state index in [-0.39, 0.29) is 25.0 Å². The van der Waals surface area contributed by atoms with Crippen LogP contribution in [0.3, 0.4) is 0 Å². The Hall–Kier alpha value is -1.89. The molecule has 1 aliphatic rings. The number of ether oxygens (including phenoxy) is 1. The third kappa shape index (κ3) is 3.81. The lowest BCUT2D eigenvalue weighted by Gasteiger charge is -2.34. The van der Waals surface area contributed by atoms with Gasteiger partial charge in [0.15, 0.2) is 6.04 Å². The largest absolute Gasteiger partial charge is 0.480 e. The average molecular weight is 295 g/mol. The van der Waals surface area contributed by atoms with Crippen molar-refractivity contribution in [2.75, 3.05) is 19.8 Å². The zero-order valence-corrected chi connectivity index (χ0v) is 12.1. The van der Waals surface area contributed by atoms with Crippen molar-refractivity contribution in [2.45, 2.75) is 38.3 Å². The van der Waals surface area contributed by atoms with Gasteiger partial charge in [-0.05, 0) is 6.42 Å². The Bertz CT molecular complexity index is 475. The van der Waals surface area contributed by atoms with Crippen molar-refractivity contribution in [1.29, 1.82) is 0 Å². The molecule has 1 aliphatic heterocycles. The highest BCUT2D eigenvalue weighted by molar-refractivity contribution is 5.84. The van der Waals surface area contributed by atoms with Gasteiger partial charge in [0, 0.05) is 31.4 Å². The molecule has 1 fully saturated rings. The molecule has 0 aliphatic carbocycles.